The molecule has 4 rings (SSSR count). The van der Waals surface area contributed by atoms with E-state index >= 15 is 0 Å². The van der Waals surface area contributed by atoms with Gasteiger partial charge in [0.1, 0.15) is 5.75 Å². The van der Waals surface area contributed by atoms with Gasteiger partial charge in [0.2, 0.25) is 10.0 Å². The number of carbonyl (C=O) groups excluding carboxylic acids is 1. The Morgan fingerprint density at radius 2 is 1.86 bits per heavy atom. The van der Waals surface area contributed by atoms with E-state index in [4.69, 9.17) is 16.3 Å². The van der Waals surface area contributed by atoms with Crippen LogP contribution in [-0.2, 0) is 10.0 Å². The molecule has 0 bridgehead atoms. The second-order valence-electron chi connectivity index (χ2n) is 7.05. The molecular weight excluding hydrogens is 412 g/mol. The maximum atomic E-state index is 13.0. The molecule has 1 N–H and O–H groups in total. The van der Waals surface area contributed by atoms with Gasteiger partial charge in [-0.15, -0.1) is 0 Å². The summed E-state index contributed by atoms with van der Waals surface area (Å²) in [5.41, 5.74) is 2.22. The van der Waals surface area contributed by atoms with Crippen molar-refractivity contribution in [1.82, 2.24) is 9.29 Å². The number of hydrogen-bond donors (Lipinski definition) is 1. The van der Waals surface area contributed by atoms with Crippen molar-refractivity contribution in [2.75, 3.05) is 20.2 Å². The molecule has 29 heavy (non-hydrogen) atoms. The first-order valence-electron chi connectivity index (χ1n) is 9.40. The fourth-order valence-corrected chi connectivity index (χ4v) is 5.53. The monoisotopic (exact) mass is 432 g/mol. The second kappa shape index (κ2) is 7.82. The molecule has 0 saturated carbocycles. The Morgan fingerprint density at radius 1 is 1.10 bits per heavy atom. The van der Waals surface area contributed by atoms with Gasteiger partial charge in [-0.25, -0.2) is 8.42 Å². The maximum absolute atomic E-state index is 13.0. The highest BCUT2D eigenvalue weighted by molar-refractivity contribution is 7.89. The molecular formula is C21H21ClN2O4S. The van der Waals surface area contributed by atoms with Gasteiger partial charge < -0.3 is 9.72 Å². The van der Waals surface area contributed by atoms with Crippen LogP contribution < -0.4 is 4.74 Å². The van der Waals surface area contributed by atoms with Gasteiger partial charge in [-0.05, 0) is 49.2 Å². The zero-order valence-electron chi connectivity index (χ0n) is 15.9. The summed E-state index contributed by atoms with van der Waals surface area (Å²) in [6.07, 6.45) is 3.50. The summed E-state index contributed by atoms with van der Waals surface area (Å²) in [6, 6.07) is 9.99. The molecule has 1 aromatic heterocycles. The first-order chi connectivity index (χ1) is 14.0. The summed E-state index contributed by atoms with van der Waals surface area (Å²) >= 11 is 6.15. The van der Waals surface area contributed by atoms with Crippen molar-refractivity contribution in [3.05, 3.63) is 47.0 Å². The highest BCUT2D eigenvalue weighted by Crippen LogP contribution is 2.37. The predicted octanol–water partition coefficient (Wildman–Crippen LogP) is 4.48. The van der Waals surface area contributed by atoms with Crippen molar-refractivity contribution in [2.24, 2.45) is 0 Å². The van der Waals surface area contributed by atoms with Gasteiger partial charge >= 0.3 is 0 Å². The lowest BCUT2D eigenvalue weighted by Gasteiger charge is -2.25. The van der Waals surface area contributed by atoms with Crippen molar-refractivity contribution in [2.45, 2.75) is 24.2 Å². The number of H-pyrrole nitrogens is 1. The topological polar surface area (TPSA) is 79.5 Å². The van der Waals surface area contributed by atoms with E-state index in [0.29, 0.717) is 51.6 Å². The summed E-state index contributed by atoms with van der Waals surface area (Å²) in [5, 5.41) is 1.06. The van der Waals surface area contributed by atoms with Crippen LogP contribution in [0.25, 0.3) is 22.2 Å². The molecule has 3 aromatic rings. The lowest BCUT2D eigenvalue weighted by molar-refractivity contribution is 0.112. The summed E-state index contributed by atoms with van der Waals surface area (Å²) < 4.78 is 33.0. The number of halogens is 1. The van der Waals surface area contributed by atoms with Gasteiger partial charge in [0.05, 0.1) is 17.7 Å². The minimum absolute atomic E-state index is 0.193. The third-order valence-corrected chi connectivity index (χ3v) is 7.44. The maximum Gasteiger partial charge on any atom is 0.243 e. The number of nitrogens with one attached hydrogen (secondary N) is 1. The van der Waals surface area contributed by atoms with Gasteiger partial charge in [-0.3, -0.25) is 4.79 Å². The van der Waals surface area contributed by atoms with Crippen molar-refractivity contribution in [1.29, 1.82) is 0 Å². The highest BCUT2D eigenvalue weighted by atomic mass is 35.5. The van der Waals surface area contributed by atoms with E-state index in [1.165, 1.54) is 4.31 Å². The molecule has 0 atom stereocenters. The Balaban J connectivity index is 1.87. The minimum Gasteiger partial charge on any atom is -0.496 e. The second-order valence-corrected chi connectivity index (χ2v) is 9.42. The summed E-state index contributed by atoms with van der Waals surface area (Å²) in [7, 11) is -2.05. The van der Waals surface area contributed by atoms with Crippen LogP contribution >= 0.6 is 11.6 Å². The molecule has 2 aromatic carbocycles. The van der Waals surface area contributed by atoms with Crippen LogP contribution in [0.4, 0.5) is 0 Å². The van der Waals surface area contributed by atoms with Crippen molar-refractivity contribution < 1.29 is 17.9 Å². The standard InChI is InChI=1S/C21H21ClN2O4S/c1-28-20-8-5-14(22)11-17(20)21-18(13-25)16-12-15(6-7-19(16)23-21)29(26,27)24-9-3-2-4-10-24/h5-8,11-13,23H,2-4,9-10H2,1H3. The van der Waals surface area contributed by atoms with E-state index in [1.54, 1.807) is 43.5 Å². The summed E-state index contributed by atoms with van der Waals surface area (Å²) in [6.45, 7) is 1.05. The zero-order valence-corrected chi connectivity index (χ0v) is 17.5. The van der Waals surface area contributed by atoms with Crippen molar-refractivity contribution >= 4 is 38.8 Å². The molecule has 6 nitrogen and oxygen atoms in total. The quantitative estimate of drug-likeness (QED) is 0.602. The Morgan fingerprint density at radius 3 is 2.55 bits per heavy atom. The van der Waals surface area contributed by atoms with Crippen LogP contribution in [0.2, 0.25) is 5.02 Å². The molecule has 1 fully saturated rings. The number of aromatic amines is 1. The largest absolute Gasteiger partial charge is 0.496 e. The van der Waals surface area contributed by atoms with Gasteiger partial charge in [-0.2, -0.15) is 4.31 Å². The number of ether oxygens (including phenoxy) is 1. The van der Waals surface area contributed by atoms with Crippen LogP contribution in [0, 0.1) is 0 Å². The van der Waals surface area contributed by atoms with Gasteiger partial charge in [0.25, 0.3) is 0 Å². The first-order valence-corrected chi connectivity index (χ1v) is 11.2. The van der Waals surface area contributed by atoms with Crippen molar-refractivity contribution in [3.63, 3.8) is 0 Å². The number of carbonyl (C=O) groups is 1. The average molecular weight is 433 g/mol. The Hall–Kier alpha value is -2.35. The normalized spacial score (nSPS) is 15.5. The molecule has 152 valence electrons. The van der Waals surface area contributed by atoms with E-state index in [-0.39, 0.29) is 4.90 Å². The molecule has 1 aliphatic rings. The molecule has 0 spiro atoms. The Bertz CT molecular complexity index is 1180. The number of aromatic nitrogens is 1. The van der Waals surface area contributed by atoms with Crippen molar-refractivity contribution in [3.8, 4) is 17.0 Å². The Kier molecular flexibility index (Phi) is 5.38. The third-order valence-electron chi connectivity index (χ3n) is 5.31. The minimum atomic E-state index is -3.60. The zero-order chi connectivity index (χ0) is 20.6. The number of fused-ring (bicyclic) bond motifs is 1. The number of piperidine rings is 1. The lowest BCUT2D eigenvalue weighted by Crippen LogP contribution is -2.35. The fourth-order valence-electron chi connectivity index (χ4n) is 3.82. The number of nitrogens with zero attached hydrogens (tertiary/aromatic N) is 1. The number of sulfonamides is 1. The van der Waals surface area contributed by atoms with Gasteiger partial charge in [0.15, 0.2) is 6.29 Å². The van der Waals surface area contributed by atoms with E-state index < -0.39 is 10.0 Å². The lowest BCUT2D eigenvalue weighted by atomic mass is 10.1. The number of aldehydes is 1. The number of rotatable bonds is 5. The van der Waals surface area contributed by atoms with Crippen LogP contribution in [0.5, 0.6) is 5.75 Å². The smallest absolute Gasteiger partial charge is 0.243 e. The fraction of sp³-hybridized carbons (Fsp3) is 0.286. The molecule has 1 saturated heterocycles. The molecule has 0 aliphatic carbocycles. The summed E-state index contributed by atoms with van der Waals surface area (Å²) in [5.74, 6) is 0.560. The number of methoxy groups -OCH3 is 1. The van der Waals surface area contributed by atoms with Crippen LogP contribution in [0.3, 0.4) is 0 Å². The van der Waals surface area contributed by atoms with E-state index in [2.05, 4.69) is 4.98 Å². The van der Waals surface area contributed by atoms with E-state index in [1.807, 2.05) is 0 Å². The van der Waals surface area contributed by atoms with Gasteiger partial charge in [0, 0.05) is 40.1 Å². The highest BCUT2D eigenvalue weighted by Gasteiger charge is 2.27. The van der Waals surface area contributed by atoms with E-state index in [9.17, 15) is 13.2 Å². The summed E-state index contributed by atoms with van der Waals surface area (Å²) in [4.78, 5) is 15.4. The number of benzene rings is 2. The molecule has 0 unspecified atom stereocenters. The molecule has 8 heteroatoms. The molecule has 1 aliphatic heterocycles. The third kappa shape index (κ3) is 3.54. The SMILES string of the molecule is COc1ccc(Cl)cc1-c1[nH]c2ccc(S(=O)(=O)N3CCCCC3)cc2c1C=O. The molecule has 2 heterocycles. The molecule has 0 amide bonds. The first kappa shape index (κ1) is 19.9. The van der Waals surface area contributed by atoms with E-state index in [0.717, 1.165) is 25.5 Å². The Labute approximate surface area is 174 Å². The van der Waals surface area contributed by atoms with Crippen LogP contribution in [0.15, 0.2) is 41.3 Å². The van der Waals surface area contributed by atoms with Crippen LogP contribution in [0.1, 0.15) is 29.6 Å². The predicted molar refractivity (Wildman–Crippen MR) is 113 cm³/mol. The average Bonchev–Trinajstić information content (AvgIpc) is 3.12. The van der Waals surface area contributed by atoms with Gasteiger partial charge in [-0.1, -0.05) is 18.0 Å². The number of hydrogen-bond acceptors (Lipinski definition) is 4. The van der Waals surface area contributed by atoms with Crippen LogP contribution in [-0.4, -0.2) is 44.2 Å². The molecule has 0 radical (unpaired) electrons.